The molecule has 0 unspecified atom stereocenters. The van der Waals surface area contributed by atoms with Crippen molar-refractivity contribution in [3.8, 4) is 0 Å². The van der Waals surface area contributed by atoms with Crippen LogP contribution in [0.2, 0.25) is 0 Å². The monoisotopic (exact) mass is 382 g/mol. The minimum absolute atomic E-state index is 0.136. The molecule has 1 aliphatic heterocycles. The SMILES string of the molecule is COC(=O)[C@@H]1C(=O)OC(C)(C)[C@H]1[C@H](C)C(=O)c1ccc(Br)cc1. The third kappa shape index (κ3) is 3.32. The van der Waals surface area contributed by atoms with Crippen LogP contribution in [0.3, 0.4) is 0 Å². The number of esters is 2. The minimum Gasteiger partial charge on any atom is -0.468 e. The van der Waals surface area contributed by atoms with Crippen molar-refractivity contribution < 1.29 is 23.9 Å². The predicted octanol–water partition coefficient (Wildman–Crippen LogP) is 3.01. The molecule has 0 spiro atoms. The van der Waals surface area contributed by atoms with Gasteiger partial charge in [0.15, 0.2) is 11.7 Å². The lowest BCUT2D eigenvalue weighted by Crippen LogP contribution is -2.41. The highest BCUT2D eigenvalue weighted by Gasteiger charge is 2.57. The summed E-state index contributed by atoms with van der Waals surface area (Å²) in [6.07, 6.45) is 0. The Bertz CT molecular complexity index is 635. The molecule has 1 heterocycles. The number of cyclic esters (lactones) is 1. The van der Waals surface area contributed by atoms with Crippen LogP contribution < -0.4 is 0 Å². The molecule has 3 atom stereocenters. The van der Waals surface area contributed by atoms with E-state index in [1.165, 1.54) is 7.11 Å². The van der Waals surface area contributed by atoms with Crippen molar-refractivity contribution >= 4 is 33.7 Å². The van der Waals surface area contributed by atoms with Crippen LogP contribution >= 0.6 is 15.9 Å². The summed E-state index contributed by atoms with van der Waals surface area (Å²) in [5.74, 6) is -3.67. The van der Waals surface area contributed by atoms with Crippen molar-refractivity contribution in [1.29, 1.82) is 0 Å². The zero-order valence-electron chi connectivity index (χ0n) is 13.5. The molecule has 0 aliphatic carbocycles. The maximum absolute atomic E-state index is 12.8. The highest BCUT2D eigenvalue weighted by atomic mass is 79.9. The van der Waals surface area contributed by atoms with Crippen LogP contribution in [0.4, 0.5) is 0 Å². The van der Waals surface area contributed by atoms with Crippen molar-refractivity contribution in [3.63, 3.8) is 0 Å². The molecule has 6 heteroatoms. The van der Waals surface area contributed by atoms with Crippen molar-refractivity contribution in [2.75, 3.05) is 7.11 Å². The van der Waals surface area contributed by atoms with Gasteiger partial charge in [-0.1, -0.05) is 35.0 Å². The van der Waals surface area contributed by atoms with Crippen LogP contribution in [0.15, 0.2) is 28.7 Å². The molecule has 2 rings (SSSR count). The summed E-state index contributed by atoms with van der Waals surface area (Å²) in [4.78, 5) is 36.8. The number of carbonyl (C=O) groups excluding carboxylic acids is 3. The van der Waals surface area contributed by atoms with Gasteiger partial charge in [-0.25, -0.2) is 0 Å². The van der Waals surface area contributed by atoms with Crippen molar-refractivity contribution in [3.05, 3.63) is 34.3 Å². The summed E-state index contributed by atoms with van der Waals surface area (Å²) < 4.78 is 10.9. The number of hydrogen-bond donors (Lipinski definition) is 0. The summed E-state index contributed by atoms with van der Waals surface area (Å²) in [6.45, 7) is 5.14. The van der Waals surface area contributed by atoms with Gasteiger partial charge in [0.25, 0.3) is 0 Å². The normalized spacial score (nSPS) is 24.0. The van der Waals surface area contributed by atoms with Crippen LogP contribution in [0.25, 0.3) is 0 Å². The molecule has 124 valence electrons. The summed E-state index contributed by atoms with van der Waals surface area (Å²) in [6, 6.07) is 6.97. The number of ketones is 1. The van der Waals surface area contributed by atoms with Gasteiger partial charge < -0.3 is 9.47 Å². The van der Waals surface area contributed by atoms with E-state index in [0.29, 0.717) is 5.56 Å². The van der Waals surface area contributed by atoms with Gasteiger partial charge in [0.05, 0.1) is 7.11 Å². The topological polar surface area (TPSA) is 69.7 Å². The van der Waals surface area contributed by atoms with Gasteiger partial charge in [-0.2, -0.15) is 0 Å². The van der Waals surface area contributed by atoms with Crippen molar-refractivity contribution in [1.82, 2.24) is 0 Å². The second-order valence-electron chi connectivity index (χ2n) is 6.21. The second kappa shape index (κ2) is 6.43. The lowest BCUT2D eigenvalue weighted by atomic mass is 9.72. The van der Waals surface area contributed by atoms with Crippen LogP contribution in [-0.4, -0.2) is 30.4 Å². The summed E-state index contributed by atoms with van der Waals surface area (Å²) in [5, 5.41) is 0. The Labute approximate surface area is 143 Å². The number of ether oxygens (including phenoxy) is 2. The second-order valence-corrected chi connectivity index (χ2v) is 7.13. The molecular formula is C17H19BrO5. The molecule has 1 aliphatic rings. The van der Waals surface area contributed by atoms with Gasteiger partial charge in [0, 0.05) is 21.9 Å². The van der Waals surface area contributed by atoms with Gasteiger partial charge in [-0.15, -0.1) is 0 Å². The van der Waals surface area contributed by atoms with Gasteiger partial charge in [-0.3, -0.25) is 14.4 Å². The molecule has 0 saturated carbocycles. The van der Waals surface area contributed by atoms with Crippen molar-refractivity contribution in [2.45, 2.75) is 26.4 Å². The molecule has 1 aromatic carbocycles. The Morgan fingerprint density at radius 3 is 2.35 bits per heavy atom. The minimum atomic E-state index is -1.08. The number of Topliss-reactive ketones (excluding diaryl/α,β-unsaturated/α-hetero) is 1. The first-order valence-corrected chi connectivity index (χ1v) is 8.09. The molecule has 5 nitrogen and oxygen atoms in total. The first-order valence-electron chi connectivity index (χ1n) is 7.29. The fraction of sp³-hybridized carbons (Fsp3) is 0.471. The fourth-order valence-corrected chi connectivity index (χ4v) is 3.50. The molecule has 0 radical (unpaired) electrons. The molecule has 0 aromatic heterocycles. The Balaban J connectivity index is 2.35. The van der Waals surface area contributed by atoms with E-state index >= 15 is 0 Å². The Kier molecular flexibility index (Phi) is 4.94. The van der Waals surface area contributed by atoms with Crippen LogP contribution in [0.5, 0.6) is 0 Å². The number of benzene rings is 1. The highest BCUT2D eigenvalue weighted by Crippen LogP contribution is 2.43. The van der Waals surface area contributed by atoms with Gasteiger partial charge in [0.1, 0.15) is 5.60 Å². The smallest absolute Gasteiger partial charge is 0.321 e. The van der Waals surface area contributed by atoms with E-state index in [1.54, 1.807) is 45.0 Å². The van der Waals surface area contributed by atoms with E-state index in [4.69, 9.17) is 9.47 Å². The van der Waals surface area contributed by atoms with Crippen LogP contribution in [-0.2, 0) is 19.1 Å². The quantitative estimate of drug-likeness (QED) is 0.454. The third-order valence-corrected chi connectivity index (χ3v) is 4.84. The van der Waals surface area contributed by atoms with Crippen LogP contribution in [0.1, 0.15) is 31.1 Å². The first kappa shape index (κ1) is 17.7. The molecule has 0 N–H and O–H groups in total. The van der Waals surface area contributed by atoms with E-state index in [1.807, 2.05) is 0 Å². The molecule has 1 aromatic rings. The fourth-order valence-electron chi connectivity index (χ4n) is 3.24. The van der Waals surface area contributed by atoms with Gasteiger partial charge in [0.2, 0.25) is 0 Å². The van der Waals surface area contributed by atoms with Crippen molar-refractivity contribution in [2.24, 2.45) is 17.8 Å². The Hall–Kier alpha value is -1.69. The average molecular weight is 383 g/mol. The molecule has 1 fully saturated rings. The number of hydrogen-bond acceptors (Lipinski definition) is 5. The molecule has 1 saturated heterocycles. The maximum Gasteiger partial charge on any atom is 0.321 e. The van der Waals surface area contributed by atoms with E-state index in [9.17, 15) is 14.4 Å². The third-order valence-electron chi connectivity index (χ3n) is 4.32. The largest absolute Gasteiger partial charge is 0.468 e. The summed E-state index contributed by atoms with van der Waals surface area (Å²) in [7, 11) is 1.22. The number of methoxy groups -OCH3 is 1. The Morgan fingerprint density at radius 1 is 1.26 bits per heavy atom. The molecule has 0 amide bonds. The lowest BCUT2D eigenvalue weighted by molar-refractivity contribution is -0.156. The van der Waals surface area contributed by atoms with E-state index in [-0.39, 0.29) is 5.78 Å². The molecule has 0 bridgehead atoms. The van der Waals surface area contributed by atoms with Gasteiger partial charge >= 0.3 is 11.9 Å². The summed E-state index contributed by atoms with van der Waals surface area (Å²) in [5.41, 5.74) is -0.389. The lowest BCUT2D eigenvalue weighted by Gasteiger charge is -2.30. The number of carbonyl (C=O) groups is 3. The standard InChI is InChI=1S/C17H19BrO5/c1-9(14(19)10-5-7-11(18)8-6-10)13-12(15(20)22-4)16(21)23-17(13,2)3/h5-9,12-13H,1-4H3/t9-,12+,13-/m0/s1. The first-order chi connectivity index (χ1) is 10.7. The van der Waals surface area contributed by atoms with E-state index in [0.717, 1.165) is 4.47 Å². The Morgan fingerprint density at radius 2 is 1.83 bits per heavy atom. The number of rotatable bonds is 4. The number of halogens is 1. The van der Waals surface area contributed by atoms with E-state index < -0.39 is 35.3 Å². The predicted molar refractivity (Wildman–Crippen MR) is 86.8 cm³/mol. The van der Waals surface area contributed by atoms with Crippen LogP contribution in [0, 0.1) is 17.8 Å². The maximum atomic E-state index is 12.8. The van der Waals surface area contributed by atoms with E-state index in [2.05, 4.69) is 15.9 Å². The van der Waals surface area contributed by atoms with Gasteiger partial charge in [-0.05, 0) is 26.0 Å². The average Bonchev–Trinajstić information content (AvgIpc) is 2.74. The zero-order valence-corrected chi connectivity index (χ0v) is 15.0. The summed E-state index contributed by atoms with van der Waals surface area (Å²) >= 11 is 3.32. The molecular weight excluding hydrogens is 364 g/mol. The molecule has 23 heavy (non-hydrogen) atoms. The zero-order chi connectivity index (χ0) is 17.4. The highest BCUT2D eigenvalue weighted by molar-refractivity contribution is 9.10.